The number of aliphatic hydroxyl groups is 1. The number of unbranched alkanes of at least 4 members (excludes halogenated alkanes) is 2. The van der Waals surface area contributed by atoms with Crippen LogP contribution in [0.4, 0.5) is 13.2 Å². The molecule has 3 rings (SSSR count). The van der Waals surface area contributed by atoms with Gasteiger partial charge in [0.05, 0.1) is 5.60 Å². The summed E-state index contributed by atoms with van der Waals surface area (Å²) in [5.41, 5.74) is 0.281. The molecule has 34 heavy (non-hydrogen) atoms. The number of hydrogen-bond acceptors (Lipinski definition) is 5. The average molecular weight is 513 g/mol. The van der Waals surface area contributed by atoms with Crippen LogP contribution in [0.5, 0.6) is 11.5 Å². The smallest absolute Gasteiger partial charge is 0.477 e. The molecule has 2 aromatic carbocycles. The lowest BCUT2D eigenvalue weighted by Crippen LogP contribution is -2.35. The molecule has 0 radical (unpaired) electrons. The lowest BCUT2D eigenvalue weighted by molar-refractivity contribution is -0.274. The summed E-state index contributed by atoms with van der Waals surface area (Å²) >= 11 is 5.91. The Hall–Kier alpha value is -1.90. The second-order valence-corrected chi connectivity index (χ2v) is 11.4. The molecule has 1 unspecified atom stereocenters. The minimum atomic E-state index is -4.77. The van der Waals surface area contributed by atoms with E-state index < -0.39 is 16.9 Å². The third-order valence-electron chi connectivity index (χ3n) is 5.20. The second-order valence-electron chi connectivity index (χ2n) is 9.41. The number of ether oxygens (including phenoxy) is 2. The van der Waals surface area contributed by atoms with Gasteiger partial charge in [0.15, 0.2) is 4.93 Å². The fourth-order valence-corrected chi connectivity index (χ4v) is 5.63. The van der Waals surface area contributed by atoms with Crippen molar-refractivity contribution < 1.29 is 27.8 Å². The van der Waals surface area contributed by atoms with E-state index in [0.29, 0.717) is 29.0 Å². The minimum Gasteiger partial charge on any atom is -0.477 e. The topological polar surface area (TPSA) is 38.7 Å². The lowest BCUT2D eigenvalue weighted by Gasteiger charge is -2.31. The molecule has 0 aliphatic heterocycles. The molecule has 1 aromatic heterocycles. The molecule has 0 saturated carbocycles. The Bertz CT molecular complexity index is 1110. The standard InChI is InChI=1S/C26H31F3O3S2/c1-5-6-7-8-17-9-12-20(21(13-17)32-26(27,28)29)23-14-18-10-11-19(15-22(18)34-23)31-25(4,33)16-24(2,3)30/h9-15,30,33H,5-8,16H2,1-4H3. The normalized spacial score (nSPS) is 14.3. The first-order chi connectivity index (χ1) is 15.7. The zero-order chi connectivity index (χ0) is 25.1. The molecule has 0 bridgehead atoms. The highest BCUT2D eigenvalue weighted by molar-refractivity contribution is 7.81. The number of hydrogen-bond donors (Lipinski definition) is 2. The van der Waals surface area contributed by atoms with Crippen molar-refractivity contribution in [1.29, 1.82) is 0 Å². The maximum Gasteiger partial charge on any atom is 0.573 e. The largest absolute Gasteiger partial charge is 0.573 e. The van der Waals surface area contributed by atoms with Gasteiger partial charge < -0.3 is 14.6 Å². The average Bonchev–Trinajstić information content (AvgIpc) is 3.07. The fraction of sp³-hybridized carbons (Fsp3) is 0.462. The molecular formula is C26H31F3O3S2. The first-order valence-corrected chi connectivity index (χ1v) is 12.6. The molecule has 0 fully saturated rings. The molecule has 0 aliphatic rings. The number of fused-ring (bicyclic) bond motifs is 1. The van der Waals surface area contributed by atoms with Crippen LogP contribution in [-0.2, 0) is 6.42 Å². The van der Waals surface area contributed by atoms with Crippen molar-refractivity contribution in [1.82, 2.24) is 0 Å². The Labute approximate surface area is 208 Å². The van der Waals surface area contributed by atoms with E-state index in [1.54, 1.807) is 32.9 Å². The SMILES string of the molecule is CCCCCc1ccc(-c2cc3ccc(OC(C)(S)CC(C)(C)O)cc3s2)c(OC(F)(F)F)c1. The number of halogens is 3. The number of benzene rings is 2. The van der Waals surface area contributed by atoms with E-state index in [-0.39, 0.29) is 5.75 Å². The Kier molecular flexibility index (Phi) is 8.15. The zero-order valence-corrected chi connectivity index (χ0v) is 21.5. The Morgan fingerprint density at radius 3 is 2.35 bits per heavy atom. The molecule has 0 amide bonds. The van der Waals surface area contributed by atoms with Gasteiger partial charge in [-0.25, -0.2) is 0 Å². The van der Waals surface area contributed by atoms with Crippen LogP contribution in [0.2, 0.25) is 0 Å². The monoisotopic (exact) mass is 512 g/mol. The Morgan fingerprint density at radius 2 is 1.71 bits per heavy atom. The first kappa shape index (κ1) is 26.7. The molecular weight excluding hydrogens is 481 g/mol. The van der Waals surface area contributed by atoms with E-state index >= 15 is 0 Å². The first-order valence-electron chi connectivity index (χ1n) is 11.3. The van der Waals surface area contributed by atoms with Gasteiger partial charge in [-0.2, -0.15) is 0 Å². The van der Waals surface area contributed by atoms with E-state index in [0.717, 1.165) is 34.9 Å². The highest BCUT2D eigenvalue weighted by atomic mass is 32.1. The Balaban J connectivity index is 1.92. The highest BCUT2D eigenvalue weighted by Gasteiger charge is 2.33. The van der Waals surface area contributed by atoms with Crippen molar-refractivity contribution in [3.63, 3.8) is 0 Å². The van der Waals surface area contributed by atoms with Crippen LogP contribution in [0.1, 0.15) is 58.9 Å². The van der Waals surface area contributed by atoms with Crippen LogP contribution >= 0.6 is 24.0 Å². The van der Waals surface area contributed by atoms with E-state index in [9.17, 15) is 18.3 Å². The maximum absolute atomic E-state index is 13.1. The van der Waals surface area contributed by atoms with Crippen molar-refractivity contribution in [2.45, 2.75) is 76.7 Å². The molecule has 1 atom stereocenters. The van der Waals surface area contributed by atoms with Crippen molar-refractivity contribution >= 4 is 34.1 Å². The van der Waals surface area contributed by atoms with Crippen LogP contribution in [0, 0.1) is 0 Å². The van der Waals surface area contributed by atoms with Crippen LogP contribution in [-0.4, -0.2) is 22.0 Å². The molecule has 8 heteroatoms. The number of rotatable bonds is 10. The summed E-state index contributed by atoms with van der Waals surface area (Å²) in [6.07, 6.45) is -0.765. The number of aryl methyl sites for hydroxylation is 1. The lowest BCUT2D eigenvalue weighted by atomic mass is 10.0. The second kappa shape index (κ2) is 10.4. The van der Waals surface area contributed by atoms with Gasteiger partial charge in [0.25, 0.3) is 0 Å². The van der Waals surface area contributed by atoms with Gasteiger partial charge in [-0.05, 0) is 81.0 Å². The fourth-order valence-electron chi connectivity index (χ4n) is 4.01. The van der Waals surface area contributed by atoms with Gasteiger partial charge in [0, 0.05) is 21.6 Å². The van der Waals surface area contributed by atoms with Gasteiger partial charge in [-0.15, -0.1) is 37.1 Å². The summed E-state index contributed by atoms with van der Waals surface area (Å²) in [5.74, 6) is 0.387. The quantitative estimate of drug-likeness (QED) is 0.163. The predicted octanol–water partition coefficient (Wildman–Crippen LogP) is 8.39. The third-order valence-corrected chi connectivity index (χ3v) is 6.58. The minimum absolute atomic E-state index is 0.183. The van der Waals surface area contributed by atoms with Crippen molar-refractivity contribution in [2.24, 2.45) is 0 Å². The molecule has 186 valence electrons. The van der Waals surface area contributed by atoms with Gasteiger partial charge >= 0.3 is 6.36 Å². The number of thiophene rings is 1. The molecule has 3 nitrogen and oxygen atoms in total. The summed E-state index contributed by atoms with van der Waals surface area (Å²) < 4.78 is 50.7. The molecule has 0 saturated heterocycles. The van der Waals surface area contributed by atoms with E-state index in [1.807, 2.05) is 24.3 Å². The number of alkyl halides is 3. The zero-order valence-electron chi connectivity index (χ0n) is 19.8. The van der Waals surface area contributed by atoms with Gasteiger partial charge in [-0.1, -0.05) is 25.8 Å². The third kappa shape index (κ3) is 7.82. The van der Waals surface area contributed by atoms with Crippen LogP contribution in [0.3, 0.4) is 0 Å². The summed E-state index contributed by atoms with van der Waals surface area (Å²) in [7, 11) is 0. The van der Waals surface area contributed by atoms with Crippen molar-refractivity contribution in [3.05, 3.63) is 48.0 Å². The van der Waals surface area contributed by atoms with E-state index in [1.165, 1.54) is 17.4 Å². The van der Waals surface area contributed by atoms with Gasteiger partial charge in [0.2, 0.25) is 0 Å². The molecule has 0 spiro atoms. The highest BCUT2D eigenvalue weighted by Crippen LogP contribution is 2.42. The number of thiol groups is 1. The molecule has 1 heterocycles. The van der Waals surface area contributed by atoms with Crippen LogP contribution < -0.4 is 9.47 Å². The summed E-state index contributed by atoms with van der Waals surface area (Å²) in [6.45, 7) is 7.24. The van der Waals surface area contributed by atoms with Crippen LogP contribution in [0.25, 0.3) is 20.5 Å². The molecule has 1 N–H and O–H groups in total. The predicted molar refractivity (Wildman–Crippen MR) is 136 cm³/mol. The summed E-state index contributed by atoms with van der Waals surface area (Å²) in [6, 6.07) is 12.4. The van der Waals surface area contributed by atoms with Crippen LogP contribution in [0.15, 0.2) is 42.5 Å². The molecule has 0 aliphatic carbocycles. The Morgan fingerprint density at radius 1 is 0.971 bits per heavy atom. The van der Waals surface area contributed by atoms with Gasteiger partial charge in [-0.3, -0.25) is 0 Å². The van der Waals surface area contributed by atoms with Crippen molar-refractivity contribution in [3.8, 4) is 21.9 Å². The van der Waals surface area contributed by atoms with Crippen molar-refractivity contribution in [2.75, 3.05) is 0 Å². The summed E-state index contributed by atoms with van der Waals surface area (Å²) in [4.78, 5) is -0.218. The summed E-state index contributed by atoms with van der Waals surface area (Å²) in [5, 5.41) is 11.0. The van der Waals surface area contributed by atoms with E-state index in [4.69, 9.17) is 4.74 Å². The van der Waals surface area contributed by atoms with Gasteiger partial charge in [0.1, 0.15) is 11.5 Å². The maximum atomic E-state index is 13.1. The van der Waals surface area contributed by atoms with E-state index in [2.05, 4.69) is 24.3 Å². The molecule has 3 aromatic rings.